The Hall–Kier alpha value is -1.87. The SMILES string of the molecule is CN(CCCNC(=O)Nc1cccc2c1CCCC2)C[C@H]1O[C@@H](N2CNC3C(N)NCNC32)[C@H](O)[C@@H]1O. The Morgan fingerprint density at radius 3 is 2.92 bits per heavy atom. The van der Waals surface area contributed by atoms with Crippen LogP contribution in [0.1, 0.15) is 30.4 Å². The lowest BCUT2D eigenvalue weighted by atomic mass is 9.90. The first-order valence-electron chi connectivity index (χ1n) is 13.5. The summed E-state index contributed by atoms with van der Waals surface area (Å²) in [6.07, 6.45) is 1.79. The van der Waals surface area contributed by atoms with E-state index in [9.17, 15) is 15.0 Å². The number of hydrogen-bond acceptors (Lipinski definition) is 10. The number of urea groups is 1. The topological polar surface area (TPSA) is 159 Å². The lowest BCUT2D eigenvalue weighted by Crippen LogP contribution is -2.68. The molecule has 3 aliphatic heterocycles. The maximum absolute atomic E-state index is 12.4. The second-order valence-corrected chi connectivity index (χ2v) is 10.7. The number of benzene rings is 1. The van der Waals surface area contributed by atoms with Crippen molar-refractivity contribution in [1.29, 1.82) is 0 Å². The highest BCUT2D eigenvalue weighted by molar-refractivity contribution is 5.90. The molecule has 2 amide bonds. The number of likely N-dealkylation sites (N-methyl/N-ethyl adjacent to an activating group) is 1. The third-order valence-corrected chi connectivity index (χ3v) is 8.04. The van der Waals surface area contributed by atoms with E-state index in [1.807, 2.05) is 24.1 Å². The zero-order valence-corrected chi connectivity index (χ0v) is 21.5. The first kappa shape index (κ1) is 26.7. The maximum atomic E-state index is 12.4. The minimum Gasteiger partial charge on any atom is -0.387 e. The fourth-order valence-electron chi connectivity index (χ4n) is 6.02. The van der Waals surface area contributed by atoms with Crippen LogP contribution in [0.15, 0.2) is 18.2 Å². The zero-order valence-electron chi connectivity index (χ0n) is 21.5. The second-order valence-electron chi connectivity index (χ2n) is 10.7. The molecule has 0 saturated carbocycles. The second kappa shape index (κ2) is 11.9. The van der Waals surface area contributed by atoms with Crippen molar-refractivity contribution in [1.82, 2.24) is 31.1 Å². The first-order valence-corrected chi connectivity index (χ1v) is 13.5. The third kappa shape index (κ3) is 5.92. The van der Waals surface area contributed by atoms with E-state index in [2.05, 4.69) is 37.6 Å². The number of amides is 2. The Morgan fingerprint density at radius 2 is 2.05 bits per heavy atom. The monoisotopic (exact) mass is 518 g/mol. The van der Waals surface area contributed by atoms with E-state index in [0.29, 0.717) is 33.0 Å². The molecule has 3 unspecified atom stereocenters. The van der Waals surface area contributed by atoms with Gasteiger partial charge in [-0.15, -0.1) is 0 Å². The highest BCUT2D eigenvalue weighted by atomic mass is 16.6. The predicted molar refractivity (Wildman–Crippen MR) is 139 cm³/mol. The van der Waals surface area contributed by atoms with Gasteiger partial charge >= 0.3 is 6.03 Å². The molecule has 5 rings (SSSR count). The van der Waals surface area contributed by atoms with E-state index in [1.54, 1.807) is 0 Å². The molecule has 4 aliphatic rings. The minimum absolute atomic E-state index is 0.0135. The van der Waals surface area contributed by atoms with Gasteiger partial charge in [-0.3, -0.25) is 16.0 Å². The molecule has 3 saturated heterocycles. The van der Waals surface area contributed by atoms with Gasteiger partial charge in [-0.25, -0.2) is 9.69 Å². The number of anilines is 1. The summed E-state index contributed by atoms with van der Waals surface area (Å²) in [5, 5.41) is 37.2. The molecule has 1 aliphatic carbocycles. The van der Waals surface area contributed by atoms with Crippen molar-refractivity contribution in [2.24, 2.45) is 5.73 Å². The number of aliphatic hydroxyl groups excluding tert-OH is 2. The molecular weight excluding hydrogens is 476 g/mol. The molecule has 1 aromatic rings. The molecule has 37 heavy (non-hydrogen) atoms. The Morgan fingerprint density at radius 1 is 1.22 bits per heavy atom. The number of carbonyl (C=O) groups is 1. The number of aliphatic hydroxyl groups is 2. The maximum Gasteiger partial charge on any atom is 0.319 e. The van der Waals surface area contributed by atoms with Crippen molar-refractivity contribution >= 4 is 11.7 Å². The number of nitrogens with two attached hydrogens (primary N) is 1. The quantitative estimate of drug-likeness (QED) is 0.189. The standard InChI is InChI=1S/C25H42N8O4/c1-32(11-5-10-27-25(36)31-17-9-4-7-15-6-2-3-8-16(15)17)12-18-20(34)21(35)24(37-18)33-14-30-19-22(26)28-13-29-23(19)33/h4,7,9,18-24,28-30,34-35H,2-3,5-6,8,10-14,26H2,1H3,(H2,27,31,36)/t18-,19?,20-,21-,22?,23?,24-/m1/s1. The van der Waals surface area contributed by atoms with Crippen LogP contribution in [0.5, 0.6) is 0 Å². The number of carbonyl (C=O) groups excluding carboxylic acids is 1. The molecule has 12 heteroatoms. The molecule has 3 heterocycles. The molecule has 0 aromatic heterocycles. The predicted octanol–water partition coefficient (Wildman–Crippen LogP) is -1.55. The van der Waals surface area contributed by atoms with Crippen molar-refractivity contribution in [2.45, 2.75) is 75.0 Å². The largest absolute Gasteiger partial charge is 0.387 e. The molecule has 1 aromatic carbocycles. The van der Waals surface area contributed by atoms with Gasteiger partial charge in [0.1, 0.15) is 24.5 Å². The molecule has 206 valence electrons. The first-order chi connectivity index (χ1) is 17.9. The van der Waals surface area contributed by atoms with Crippen LogP contribution in [0.4, 0.5) is 10.5 Å². The van der Waals surface area contributed by atoms with Gasteiger partial charge in [0.2, 0.25) is 0 Å². The van der Waals surface area contributed by atoms with Crippen molar-refractivity contribution in [3.8, 4) is 0 Å². The van der Waals surface area contributed by atoms with Gasteiger partial charge in [-0.2, -0.15) is 0 Å². The van der Waals surface area contributed by atoms with Crippen LogP contribution in [-0.4, -0.2) is 109 Å². The number of nitrogens with zero attached hydrogens (tertiary/aromatic N) is 2. The molecule has 9 N–H and O–H groups in total. The molecule has 12 nitrogen and oxygen atoms in total. The van der Waals surface area contributed by atoms with E-state index in [0.717, 1.165) is 31.4 Å². The van der Waals surface area contributed by atoms with Gasteiger partial charge in [0.25, 0.3) is 0 Å². The van der Waals surface area contributed by atoms with Gasteiger partial charge < -0.3 is 36.2 Å². The Kier molecular flexibility index (Phi) is 8.59. The average molecular weight is 519 g/mol. The third-order valence-electron chi connectivity index (χ3n) is 8.04. The number of hydrogen-bond donors (Lipinski definition) is 8. The fourth-order valence-corrected chi connectivity index (χ4v) is 6.02. The number of nitrogens with one attached hydrogen (secondary N) is 5. The Balaban J connectivity index is 1.04. The normalized spacial score (nSPS) is 33.8. The average Bonchev–Trinajstić information content (AvgIpc) is 3.44. The summed E-state index contributed by atoms with van der Waals surface area (Å²) in [7, 11) is 1.95. The highest BCUT2D eigenvalue weighted by Crippen LogP contribution is 2.29. The van der Waals surface area contributed by atoms with Crippen LogP contribution in [-0.2, 0) is 17.6 Å². The van der Waals surface area contributed by atoms with Crippen molar-refractivity contribution in [2.75, 3.05) is 45.3 Å². The van der Waals surface area contributed by atoms with Gasteiger partial charge in [-0.1, -0.05) is 12.1 Å². The molecule has 7 atom stereocenters. The minimum atomic E-state index is -1.01. The smallest absolute Gasteiger partial charge is 0.319 e. The summed E-state index contributed by atoms with van der Waals surface area (Å²) in [6, 6.07) is 5.93. The molecule has 0 radical (unpaired) electrons. The van der Waals surface area contributed by atoms with Crippen molar-refractivity contribution in [3.05, 3.63) is 29.3 Å². The van der Waals surface area contributed by atoms with Crippen LogP contribution in [0.2, 0.25) is 0 Å². The zero-order chi connectivity index (χ0) is 25.9. The summed E-state index contributed by atoms with van der Waals surface area (Å²) in [6.45, 7) is 2.80. The molecule has 0 bridgehead atoms. The van der Waals surface area contributed by atoms with Crippen LogP contribution in [0.25, 0.3) is 0 Å². The number of aryl methyl sites for hydroxylation is 1. The van der Waals surface area contributed by atoms with Gasteiger partial charge in [0, 0.05) is 25.4 Å². The fraction of sp³-hybridized carbons (Fsp3) is 0.720. The number of fused-ring (bicyclic) bond motifs is 2. The number of rotatable bonds is 8. The van der Waals surface area contributed by atoms with Crippen molar-refractivity contribution in [3.63, 3.8) is 0 Å². The van der Waals surface area contributed by atoms with E-state index >= 15 is 0 Å². The van der Waals surface area contributed by atoms with Crippen LogP contribution < -0.4 is 32.3 Å². The lowest BCUT2D eigenvalue weighted by molar-refractivity contribution is -0.106. The van der Waals surface area contributed by atoms with E-state index in [4.69, 9.17) is 10.5 Å². The Labute approximate surface area is 218 Å². The van der Waals surface area contributed by atoms with Gasteiger partial charge in [0.05, 0.1) is 25.0 Å². The summed E-state index contributed by atoms with van der Waals surface area (Å²) in [5.74, 6) is 0. The highest BCUT2D eigenvalue weighted by Gasteiger charge is 2.51. The van der Waals surface area contributed by atoms with E-state index in [1.165, 1.54) is 17.5 Å². The molecule has 3 fully saturated rings. The summed E-state index contributed by atoms with van der Waals surface area (Å²) < 4.78 is 6.14. The van der Waals surface area contributed by atoms with Crippen molar-refractivity contribution < 1.29 is 19.7 Å². The molecule has 0 spiro atoms. The molecular formula is C25H42N8O4. The van der Waals surface area contributed by atoms with Gasteiger partial charge in [0.15, 0.2) is 0 Å². The lowest BCUT2D eigenvalue weighted by Gasteiger charge is -2.38. The number of ether oxygens (including phenoxy) is 1. The van der Waals surface area contributed by atoms with Crippen LogP contribution >= 0.6 is 0 Å². The van der Waals surface area contributed by atoms with E-state index < -0.39 is 24.5 Å². The van der Waals surface area contributed by atoms with Crippen LogP contribution in [0.3, 0.4) is 0 Å². The Bertz CT molecular complexity index is 938. The summed E-state index contributed by atoms with van der Waals surface area (Å²) in [5.41, 5.74) is 9.66. The summed E-state index contributed by atoms with van der Waals surface area (Å²) >= 11 is 0. The van der Waals surface area contributed by atoms with E-state index in [-0.39, 0.29) is 24.4 Å². The summed E-state index contributed by atoms with van der Waals surface area (Å²) in [4.78, 5) is 16.5. The van der Waals surface area contributed by atoms with Gasteiger partial charge in [-0.05, 0) is 62.9 Å². The van der Waals surface area contributed by atoms with Crippen LogP contribution in [0, 0.1) is 0 Å².